The van der Waals surface area contributed by atoms with E-state index in [0.717, 1.165) is 18.7 Å². The summed E-state index contributed by atoms with van der Waals surface area (Å²) in [5.74, 6) is 0. The molecule has 0 amide bonds. The number of benzene rings is 2. The van der Waals surface area contributed by atoms with E-state index in [4.69, 9.17) is 4.74 Å². The Bertz CT molecular complexity index is 529. The van der Waals surface area contributed by atoms with E-state index >= 15 is 0 Å². The number of aliphatic hydroxyl groups excluding tert-OH is 1. The van der Waals surface area contributed by atoms with E-state index in [2.05, 4.69) is 29.2 Å². The van der Waals surface area contributed by atoms with Gasteiger partial charge in [0.05, 0.1) is 12.7 Å². The second kappa shape index (κ2) is 6.18. The zero-order valence-corrected chi connectivity index (χ0v) is 11.4. The number of ether oxygens (including phenoxy) is 1. The van der Waals surface area contributed by atoms with Gasteiger partial charge < -0.3 is 9.84 Å². The van der Waals surface area contributed by atoms with E-state index in [1.165, 1.54) is 5.56 Å². The molecule has 1 fully saturated rings. The molecule has 3 heteroatoms. The van der Waals surface area contributed by atoms with E-state index in [-0.39, 0.29) is 18.9 Å². The van der Waals surface area contributed by atoms with Gasteiger partial charge in [-0.15, -0.1) is 0 Å². The fraction of sp³-hybridized carbons (Fsp3) is 0.294. The summed E-state index contributed by atoms with van der Waals surface area (Å²) >= 11 is 0. The topological polar surface area (TPSA) is 32.7 Å². The van der Waals surface area contributed by atoms with Crippen molar-refractivity contribution in [2.75, 3.05) is 13.2 Å². The summed E-state index contributed by atoms with van der Waals surface area (Å²) < 4.78 is 5.96. The van der Waals surface area contributed by atoms with Gasteiger partial charge in [0, 0.05) is 13.1 Å². The Labute approximate surface area is 119 Å². The van der Waals surface area contributed by atoms with Gasteiger partial charge in [0.15, 0.2) is 0 Å². The highest BCUT2D eigenvalue weighted by Gasteiger charge is 2.33. The van der Waals surface area contributed by atoms with Gasteiger partial charge in [0.1, 0.15) is 6.23 Å². The molecule has 0 aromatic heterocycles. The number of hydrogen-bond donors (Lipinski definition) is 1. The molecule has 0 aliphatic carbocycles. The summed E-state index contributed by atoms with van der Waals surface area (Å²) in [6, 6.07) is 20.5. The molecule has 3 rings (SSSR count). The van der Waals surface area contributed by atoms with Crippen LogP contribution in [-0.4, -0.2) is 29.3 Å². The summed E-state index contributed by atoms with van der Waals surface area (Å²) in [5.41, 5.74) is 2.40. The number of aliphatic hydroxyl groups is 1. The van der Waals surface area contributed by atoms with Crippen LogP contribution in [0.5, 0.6) is 0 Å². The highest BCUT2D eigenvalue weighted by atomic mass is 16.5. The summed E-state index contributed by atoms with van der Waals surface area (Å²) in [7, 11) is 0. The van der Waals surface area contributed by atoms with Gasteiger partial charge >= 0.3 is 0 Å². The molecule has 2 aromatic carbocycles. The predicted molar refractivity (Wildman–Crippen MR) is 78.0 cm³/mol. The summed E-state index contributed by atoms with van der Waals surface area (Å²) in [4.78, 5) is 2.27. The van der Waals surface area contributed by atoms with Gasteiger partial charge in [0.25, 0.3) is 0 Å². The van der Waals surface area contributed by atoms with Crippen LogP contribution in [0.4, 0.5) is 0 Å². The summed E-state index contributed by atoms with van der Waals surface area (Å²) in [5, 5.41) is 9.36. The van der Waals surface area contributed by atoms with Crippen molar-refractivity contribution in [1.82, 2.24) is 4.90 Å². The Balaban J connectivity index is 1.80. The maximum Gasteiger partial charge on any atom is 0.137 e. The number of rotatable bonds is 4. The van der Waals surface area contributed by atoms with Crippen molar-refractivity contribution in [3.05, 3.63) is 71.8 Å². The minimum absolute atomic E-state index is 0.0641. The quantitative estimate of drug-likeness (QED) is 0.926. The monoisotopic (exact) mass is 269 g/mol. The standard InChI is InChI=1S/C17H19NO2/c19-13-16-12-18(11-14-7-3-1-4-8-14)17(20-16)15-9-5-2-6-10-15/h1-10,16-17,19H,11-13H2. The molecular weight excluding hydrogens is 250 g/mol. The van der Waals surface area contributed by atoms with E-state index in [1.807, 2.05) is 36.4 Å². The van der Waals surface area contributed by atoms with Crippen LogP contribution >= 0.6 is 0 Å². The minimum atomic E-state index is -0.107. The Hall–Kier alpha value is -1.68. The highest BCUT2D eigenvalue weighted by molar-refractivity contribution is 5.20. The van der Waals surface area contributed by atoms with Gasteiger partial charge in [0.2, 0.25) is 0 Å². The fourth-order valence-corrected chi connectivity index (χ4v) is 2.64. The summed E-state index contributed by atoms with van der Waals surface area (Å²) in [6.07, 6.45) is -0.183. The lowest BCUT2D eigenvalue weighted by molar-refractivity contribution is -0.0215. The average Bonchev–Trinajstić information content (AvgIpc) is 2.92. The molecule has 0 saturated carbocycles. The van der Waals surface area contributed by atoms with Gasteiger partial charge in [-0.3, -0.25) is 4.90 Å². The Morgan fingerprint density at radius 3 is 2.30 bits per heavy atom. The zero-order chi connectivity index (χ0) is 13.8. The maximum absolute atomic E-state index is 9.36. The van der Waals surface area contributed by atoms with E-state index < -0.39 is 0 Å². The van der Waals surface area contributed by atoms with Crippen LogP contribution in [0.2, 0.25) is 0 Å². The van der Waals surface area contributed by atoms with E-state index in [0.29, 0.717) is 0 Å². The molecule has 1 aliphatic heterocycles. The minimum Gasteiger partial charge on any atom is -0.394 e. The molecule has 0 radical (unpaired) electrons. The molecule has 2 atom stereocenters. The molecule has 0 spiro atoms. The third-order valence-electron chi connectivity index (χ3n) is 3.61. The van der Waals surface area contributed by atoms with Crippen molar-refractivity contribution in [1.29, 1.82) is 0 Å². The SMILES string of the molecule is OCC1CN(Cc2ccccc2)C(c2ccccc2)O1. The third-order valence-corrected chi connectivity index (χ3v) is 3.61. The van der Waals surface area contributed by atoms with Crippen LogP contribution in [0, 0.1) is 0 Å². The highest BCUT2D eigenvalue weighted by Crippen LogP contribution is 2.31. The van der Waals surface area contributed by atoms with Crippen molar-refractivity contribution in [3.8, 4) is 0 Å². The Morgan fingerprint density at radius 1 is 1.00 bits per heavy atom. The lowest BCUT2D eigenvalue weighted by atomic mass is 10.1. The molecule has 1 heterocycles. The fourth-order valence-electron chi connectivity index (χ4n) is 2.64. The van der Waals surface area contributed by atoms with Crippen molar-refractivity contribution in [2.24, 2.45) is 0 Å². The summed E-state index contributed by atoms with van der Waals surface area (Å²) in [6.45, 7) is 1.65. The molecule has 0 bridgehead atoms. The van der Waals surface area contributed by atoms with Crippen LogP contribution in [0.3, 0.4) is 0 Å². The van der Waals surface area contributed by atoms with Crippen LogP contribution in [0.15, 0.2) is 60.7 Å². The maximum atomic E-state index is 9.36. The smallest absolute Gasteiger partial charge is 0.137 e. The van der Waals surface area contributed by atoms with Crippen LogP contribution in [0.25, 0.3) is 0 Å². The predicted octanol–water partition coefficient (Wildman–Crippen LogP) is 2.58. The first kappa shape index (κ1) is 13.3. The van der Waals surface area contributed by atoms with Crippen molar-refractivity contribution >= 4 is 0 Å². The number of nitrogens with zero attached hydrogens (tertiary/aromatic N) is 1. The first-order valence-electron chi connectivity index (χ1n) is 6.96. The molecule has 1 N–H and O–H groups in total. The molecule has 3 nitrogen and oxygen atoms in total. The molecular formula is C17H19NO2. The van der Waals surface area contributed by atoms with Crippen molar-refractivity contribution < 1.29 is 9.84 Å². The van der Waals surface area contributed by atoms with Gasteiger partial charge in [-0.2, -0.15) is 0 Å². The van der Waals surface area contributed by atoms with Crippen LogP contribution in [0.1, 0.15) is 17.4 Å². The molecule has 1 aliphatic rings. The first-order chi connectivity index (χ1) is 9.86. The van der Waals surface area contributed by atoms with Crippen LogP contribution in [-0.2, 0) is 11.3 Å². The average molecular weight is 269 g/mol. The van der Waals surface area contributed by atoms with Crippen molar-refractivity contribution in [2.45, 2.75) is 18.9 Å². The second-order valence-corrected chi connectivity index (χ2v) is 5.12. The van der Waals surface area contributed by atoms with Gasteiger partial charge in [-0.1, -0.05) is 60.7 Å². The molecule has 20 heavy (non-hydrogen) atoms. The molecule has 2 aromatic rings. The largest absolute Gasteiger partial charge is 0.394 e. The van der Waals surface area contributed by atoms with Crippen LogP contribution < -0.4 is 0 Å². The molecule has 2 unspecified atom stereocenters. The van der Waals surface area contributed by atoms with Gasteiger partial charge in [-0.25, -0.2) is 0 Å². The Kier molecular flexibility index (Phi) is 4.11. The lowest BCUT2D eigenvalue weighted by Crippen LogP contribution is -2.25. The lowest BCUT2D eigenvalue weighted by Gasteiger charge is -2.23. The molecule has 1 saturated heterocycles. The first-order valence-corrected chi connectivity index (χ1v) is 6.96. The van der Waals surface area contributed by atoms with E-state index in [1.54, 1.807) is 0 Å². The Morgan fingerprint density at radius 2 is 1.65 bits per heavy atom. The zero-order valence-electron chi connectivity index (χ0n) is 11.4. The van der Waals surface area contributed by atoms with Crippen molar-refractivity contribution in [3.63, 3.8) is 0 Å². The third kappa shape index (κ3) is 2.90. The normalized spacial score (nSPS) is 23.1. The number of hydrogen-bond acceptors (Lipinski definition) is 3. The van der Waals surface area contributed by atoms with Gasteiger partial charge in [-0.05, 0) is 11.1 Å². The van der Waals surface area contributed by atoms with E-state index in [9.17, 15) is 5.11 Å². The second-order valence-electron chi connectivity index (χ2n) is 5.12. The molecule has 104 valence electrons.